The molecule has 0 unspecified atom stereocenters. The lowest BCUT2D eigenvalue weighted by molar-refractivity contribution is 1.25. The van der Waals surface area contributed by atoms with E-state index in [2.05, 4.69) is 233 Å². The van der Waals surface area contributed by atoms with Gasteiger partial charge in [-0.15, -0.1) is 0 Å². The highest BCUT2D eigenvalue weighted by atomic mass is 15.1. The maximum atomic E-state index is 2.34. The number of anilines is 6. The summed E-state index contributed by atoms with van der Waals surface area (Å²) in [5.74, 6) is 0. The van der Waals surface area contributed by atoms with E-state index in [9.17, 15) is 0 Å². The molecular formula is C52H48N2. The van der Waals surface area contributed by atoms with Crippen LogP contribution in [-0.2, 0) is 0 Å². The first-order chi connectivity index (χ1) is 26.2. The molecule has 0 radical (unpaired) electrons. The van der Waals surface area contributed by atoms with Gasteiger partial charge in [0.25, 0.3) is 0 Å². The average molecular weight is 701 g/mol. The Balaban J connectivity index is 1.14. The Bertz CT molecular complexity index is 2270. The molecular weight excluding hydrogens is 653 g/mol. The average Bonchev–Trinajstić information content (AvgIpc) is 3.16. The number of benzene rings is 7. The predicted molar refractivity (Wildman–Crippen MR) is 235 cm³/mol. The molecule has 0 fully saturated rings. The zero-order valence-corrected chi connectivity index (χ0v) is 32.2. The van der Waals surface area contributed by atoms with E-state index >= 15 is 0 Å². The van der Waals surface area contributed by atoms with Gasteiger partial charge in [-0.2, -0.15) is 0 Å². The lowest BCUT2D eigenvalue weighted by Crippen LogP contribution is -2.10. The van der Waals surface area contributed by atoms with Crippen LogP contribution < -0.4 is 9.80 Å². The third-order valence-electron chi connectivity index (χ3n) is 10.0. The molecule has 7 aromatic carbocycles. The number of rotatable bonds is 10. The highest BCUT2D eigenvalue weighted by Gasteiger charge is 2.15. The summed E-state index contributed by atoms with van der Waals surface area (Å²) in [7, 11) is 0. The van der Waals surface area contributed by atoms with Gasteiger partial charge in [0.15, 0.2) is 0 Å². The minimum atomic E-state index is 1.14. The molecule has 0 aliphatic rings. The van der Waals surface area contributed by atoms with Crippen LogP contribution in [0.25, 0.3) is 24.3 Å². The standard InChI is InChI=1S/C52H48N2/c1-37-17-27-47(28-18-37)53(49-15-9-11-39(3)33-49)51-31-25-43(41(5)35-51)21-23-45-13-7-8-14-46(45)24-22-44-26-32-52(36-42(44)6)54(48-29-19-38(2)20-30-48)50-16-10-12-40(4)34-50/h7-36H,1-6H3. The maximum Gasteiger partial charge on any atom is 0.0464 e. The van der Waals surface area contributed by atoms with Gasteiger partial charge in [-0.3, -0.25) is 0 Å². The number of nitrogens with zero attached hydrogens (tertiary/aromatic N) is 2. The smallest absolute Gasteiger partial charge is 0.0464 e. The van der Waals surface area contributed by atoms with Crippen molar-refractivity contribution >= 4 is 58.4 Å². The number of hydrogen-bond donors (Lipinski definition) is 0. The summed E-state index contributed by atoms with van der Waals surface area (Å²) in [5, 5.41) is 0. The van der Waals surface area contributed by atoms with Crippen LogP contribution in [0.5, 0.6) is 0 Å². The van der Waals surface area contributed by atoms with Crippen molar-refractivity contribution in [2.75, 3.05) is 9.80 Å². The summed E-state index contributed by atoms with van der Waals surface area (Å²) in [5.41, 5.74) is 19.1. The SMILES string of the molecule is Cc1ccc(N(c2cccc(C)c2)c2ccc(C=Cc3ccccc3C=Cc3ccc(N(c4ccc(C)cc4)c4cccc(C)c4)cc3C)c(C)c2)cc1. The Labute approximate surface area is 322 Å². The Morgan fingerprint density at radius 2 is 0.630 bits per heavy atom. The van der Waals surface area contributed by atoms with E-state index in [1.807, 2.05) is 0 Å². The normalized spacial score (nSPS) is 11.4. The van der Waals surface area contributed by atoms with E-state index in [-0.39, 0.29) is 0 Å². The molecule has 0 aliphatic carbocycles. The highest BCUT2D eigenvalue weighted by Crippen LogP contribution is 2.38. The van der Waals surface area contributed by atoms with Crippen LogP contribution in [0.4, 0.5) is 34.1 Å². The molecule has 0 spiro atoms. The van der Waals surface area contributed by atoms with E-state index in [0.29, 0.717) is 0 Å². The third kappa shape index (κ3) is 8.30. The van der Waals surface area contributed by atoms with Crippen molar-refractivity contribution in [3.05, 3.63) is 213 Å². The second-order valence-corrected chi connectivity index (χ2v) is 14.4. The van der Waals surface area contributed by atoms with Crippen LogP contribution in [0.2, 0.25) is 0 Å². The van der Waals surface area contributed by atoms with E-state index in [1.54, 1.807) is 0 Å². The number of aryl methyl sites for hydroxylation is 6. The fraction of sp³-hybridized carbons (Fsp3) is 0.115. The lowest BCUT2D eigenvalue weighted by atomic mass is 10.0. The van der Waals surface area contributed by atoms with Gasteiger partial charge in [0.2, 0.25) is 0 Å². The summed E-state index contributed by atoms with van der Waals surface area (Å²) >= 11 is 0. The first kappa shape index (κ1) is 36.0. The molecule has 7 aromatic rings. The van der Waals surface area contributed by atoms with E-state index in [0.717, 1.165) is 34.1 Å². The second-order valence-electron chi connectivity index (χ2n) is 14.4. The van der Waals surface area contributed by atoms with Gasteiger partial charge in [-0.05, 0) is 159 Å². The molecule has 0 N–H and O–H groups in total. The largest absolute Gasteiger partial charge is 0.310 e. The molecule has 0 atom stereocenters. The quantitative estimate of drug-likeness (QED) is 0.131. The molecule has 0 bridgehead atoms. The van der Waals surface area contributed by atoms with Crippen molar-refractivity contribution in [1.29, 1.82) is 0 Å². The minimum absolute atomic E-state index is 1.14. The molecule has 7 rings (SSSR count). The topological polar surface area (TPSA) is 6.48 Å². The zero-order chi connectivity index (χ0) is 37.6. The summed E-state index contributed by atoms with van der Waals surface area (Å²) in [6, 6.07) is 57.0. The van der Waals surface area contributed by atoms with Crippen molar-refractivity contribution in [3.63, 3.8) is 0 Å². The van der Waals surface area contributed by atoms with Gasteiger partial charge in [0.1, 0.15) is 0 Å². The molecule has 2 nitrogen and oxygen atoms in total. The van der Waals surface area contributed by atoms with Crippen molar-refractivity contribution in [2.45, 2.75) is 41.5 Å². The first-order valence-electron chi connectivity index (χ1n) is 18.8. The second kappa shape index (κ2) is 16.1. The van der Waals surface area contributed by atoms with Crippen molar-refractivity contribution in [2.24, 2.45) is 0 Å². The van der Waals surface area contributed by atoms with E-state index in [1.165, 1.54) is 55.6 Å². The van der Waals surface area contributed by atoms with Crippen LogP contribution in [-0.4, -0.2) is 0 Å². The molecule has 0 saturated heterocycles. The Morgan fingerprint density at radius 3 is 1.00 bits per heavy atom. The van der Waals surface area contributed by atoms with Gasteiger partial charge in [-0.25, -0.2) is 0 Å². The van der Waals surface area contributed by atoms with Crippen molar-refractivity contribution in [1.82, 2.24) is 0 Å². The van der Waals surface area contributed by atoms with E-state index in [4.69, 9.17) is 0 Å². The monoisotopic (exact) mass is 700 g/mol. The fourth-order valence-corrected chi connectivity index (χ4v) is 6.96. The molecule has 0 saturated carbocycles. The third-order valence-corrected chi connectivity index (χ3v) is 10.0. The van der Waals surface area contributed by atoms with Crippen LogP contribution >= 0.6 is 0 Å². The zero-order valence-electron chi connectivity index (χ0n) is 32.2. The van der Waals surface area contributed by atoms with Gasteiger partial charge in [-0.1, -0.05) is 120 Å². The van der Waals surface area contributed by atoms with Gasteiger partial charge in [0, 0.05) is 34.1 Å². The molecule has 0 aromatic heterocycles. The lowest BCUT2D eigenvalue weighted by Gasteiger charge is -2.26. The molecule has 0 aliphatic heterocycles. The van der Waals surface area contributed by atoms with Crippen LogP contribution in [0.15, 0.2) is 158 Å². The molecule has 54 heavy (non-hydrogen) atoms. The van der Waals surface area contributed by atoms with Crippen molar-refractivity contribution in [3.8, 4) is 0 Å². The minimum Gasteiger partial charge on any atom is -0.310 e. The Kier molecular flexibility index (Phi) is 10.7. The summed E-state index contributed by atoms with van der Waals surface area (Å²) in [6.45, 7) is 13.0. The van der Waals surface area contributed by atoms with Crippen LogP contribution in [0, 0.1) is 41.5 Å². The summed E-state index contributed by atoms with van der Waals surface area (Å²) in [6.07, 6.45) is 8.94. The van der Waals surface area contributed by atoms with Crippen LogP contribution in [0.3, 0.4) is 0 Å². The van der Waals surface area contributed by atoms with E-state index < -0.39 is 0 Å². The molecule has 266 valence electrons. The Morgan fingerprint density at radius 1 is 0.278 bits per heavy atom. The summed E-state index contributed by atoms with van der Waals surface area (Å²) < 4.78 is 0. The summed E-state index contributed by atoms with van der Waals surface area (Å²) in [4.78, 5) is 4.67. The van der Waals surface area contributed by atoms with Gasteiger partial charge in [0.05, 0.1) is 0 Å². The van der Waals surface area contributed by atoms with Gasteiger partial charge >= 0.3 is 0 Å². The maximum absolute atomic E-state index is 2.34. The predicted octanol–water partition coefficient (Wildman–Crippen LogP) is 14.8. The molecule has 0 heterocycles. The molecule has 0 amide bonds. The fourth-order valence-electron chi connectivity index (χ4n) is 6.96. The van der Waals surface area contributed by atoms with Gasteiger partial charge < -0.3 is 9.80 Å². The Hall–Kier alpha value is -6.38. The first-order valence-corrected chi connectivity index (χ1v) is 18.8. The molecule has 2 heteroatoms. The van der Waals surface area contributed by atoms with Crippen LogP contribution in [0.1, 0.15) is 55.6 Å². The highest BCUT2D eigenvalue weighted by molar-refractivity contribution is 5.84. The van der Waals surface area contributed by atoms with Crippen molar-refractivity contribution < 1.29 is 0 Å². The number of hydrogen-bond acceptors (Lipinski definition) is 2.